The maximum Gasteiger partial charge on any atom is 0.193 e. The largest absolute Gasteiger partial charge is 0.352 e. The lowest BCUT2D eigenvalue weighted by Gasteiger charge is -2.16. The summed E-state index contributed by atoms with van der Waals surface area (Å²) in [4.78, 5) is 6.12. The van der Waals surface area contributed by atoms with Crippen molar-refractivity contribution in [2.75, 3.05) is 21.1 Å². The zero-order chi connectivity index (χ0) is 11.3. The first-order valence-electron chi connectivity index (χ1n) is 5.07. The summed E-state index contributed by atoms with van der Waals surface area (Å²) >= 11 is 0. The maximum absolute atomic E-state index is 4.16. The number of nitrogens with zero attached hydrogens (tertiary/aromatic N) is 2. The minimum absolute atomic E-state index is 0. The normalized spacial score (nSPS) is 10.6. The summed E-state index contributed by atoms with van der Waals surface area (Å²) in [6.45, 7) is 2.91. The van der Waals surface area contributed by atoms with Gasteiger partial charge in [0.25, 0.3) is 0 Å². The van der Waals surface area contributed by atoms with E-state index >= 15 is 0 Å². The van der Waals surface area contributed by atoms with Crippen LogP contribution in [0, 0.1) is 6.92 Å². The Hall–Kier alpha value is -0.780. The molecule has 0 saturated carbocycles. The van der Waals surface area contributed by atoms with Crippen molar-refractivity contribution in [3.05, 3.63) is 35.4 Å². The molecule has 0 amide bonds. The molecular weight excluding hydrogens is 313 g/mol. The summed E-state index contributed by atoms with van der Waals surface area (Å²) in [5, 5.41) is 3.29. The van der Waals surface area contributed by atoms with Gasteiger partial charge in [0.2, 0.25) is 0 Å². The van der Waals surface area contributed by atoms with Gasteiger partial charge in [-0.15, -0.1) is 24.0 Å². The first-order valence-corrected chi connectivity index (χ1v) is 5.07. The van der Waals surface area contributed by atoms with E-state index in [4.69, 9.17) is 0 Å². The quantitative estimate of drug-likeness (QED) is 0.511. The molecule has 3 nitrogen and oxygen atoms in total. The van der Waals surface area contributed by atoms with E-state index in [1.165, 1.54) is 11.1 Å². The van der Waals surface area contributed by atoms with Gasteiger partial charge in [-0.05, 0) is 12.5 Å². The third-order valence-corrected chi connectivity index (χ3v) is 2.17. The molecule has 0 unspecified atom stereocenters. The summed E-state index contributed by atoms with van der Waals surface area (Å²) in [7, 11) is 5.75. The minimum Gasteiger partial charge on any atom is -0.352 e. The van der Waals surface area contributed by atoms with E-state index in [0.29, 0.717) is 0 Å². The van der Waals surface area contributed by atoms with Crippen molar-refractivity contribution in [1.29, 1.82) is 0 Å². The van der Waals surface area contributed by atoms with Gasteiger partial charge in [0.1, 0.15) is 0 Å². The van der Waals surface area contributed by atoms with Crippen LogP contribution in [0.25, 0.3) is 0 Å². The molecule has 0 spiro atoms. The molecule has 16 heavy (non-hydrogen) atoms. The highest BCUT2D eigenvalue weighted by atomic mass is 127. The Morgan fingerprint density at radius 3 is 2.56 bits per heavy atom. The fraction of sp³-hybridized carbons (Fsp3) is 0.417. The highest BCUT2D eigenvalue weighted by Crippen LogP contribution is 2.03. The van der Waals surface area contributed by atoms with Gasteiger partial charge in [0.15, 0.2) is 5.96 Å². The van der Waals surface area contributed by atoms with Gasteiger partial charge in [-0.2, -0.15) is 0 Å². The number of rotatable bonds is 2. The molecule has 0 heterocycles. The second-order valence-corrected chi connectivity index (χ2v) is 3.78. The summed E-state index contributed by atoms with van der Waals surface area (Å²) < 4.78 is 0. The van der Waals surface area contributed by atoms with Crippen molar-refractivity contribution in [3.63, 3.8) is 0 Å². The highest BCUT2D eigenvalue weighted by Gasteiger charge is 1.99. The number of hydrogen-bond donors (Lipinski definition) is 1. The predicted octanol–water partition coefficient (Wildman–Crippen LogP) is 2.25. The van der Waals surface area contributed by atoms with Crippen LogP contribution in [0.4, 0.5) is 0 Å². The van der Waals surface area contributed by atoms with Crippen LogP contribution in [0.3, 0.4) is 0 Å². The van der Waals surface area contributed by atoms with Gasteiger partial charge < -0.3 is 10.2 Å². The standard InChI is InChI=1S/C12H19N3.HI/c1-10-6-5-7-11(8-10)9-14-12(13-2)15(3)4;/h5-8H,9H2,1-4H3,(H,13,14);1H. The van der Waals surface area contributed by atoms with Crippen LogP contribution in [-0.2, 0) is 6.54 Å². The van der Waals surface area contributed by atoms with E-state index in [1.807, 2.05) is 19.0 Å². The summed E-state index contributed by atoms with van der Waals surface area (Å²) in [5.74, 6) is 0.900. The average Bonchev–Trinajstić information content (AvgIpc) is 2.18. The molecule has 1 rings (SSSR count). The van der Waals surface area contributed by atoms with E-state index in [9.17, 15) is 0 Å². The molecule has 0 aliphatic carbocycles. The van der Waals surface area contributed by atoms with Crippen molar-refractivity contribution in [2.45, 2.75) is 13.5 Å². The molecule has 1 N–H and O–H groups in total. The van der Waals surface area contributed by atoms with E-state index < -0.39 is 0 Å². The number of nitrogens with one attached hydrogen (secondary N) is 1. The van der Waals surface area contributed by atoms with E-state index in [-0.39, 0.29) is 24.0 Å². The molecule has 4 heteroatoms. The number of aliphatic imine (C=N–C) groups is 1. The van der Waals surface area contributed by atoms with E-state index in [2.05, 4.69) is 41.5 Å². The van der Waals surface area contributed by atoms with Crippen LogP contribution in [0.5, 0.6) is 0 Å². The van der Waals surface area contributed by atoms with Gasteiger partial charge in [-0.1, -0.05) is 29.8 Å². The molecule has 1 aromatic carbocycles. The Morgan fingerprint density at radius 2 is 2.06 bits per heavy atom. The third-order valence-electron chi connectivity index (χ3n) is 2.17. The third kappa shape index (κ3) is 4.83. The first kappa shape index (κ1) is 15.2. The molecule has 90 valence electrons. The molecule has 0 fully saturated rings. The monoisotopic (exact) mass is 333 g/mol. The molecule has 0 saturated heterocycles. The van der Waals surface area contributed by atoms with E-state index in [0.717, 1.165) is 12.5 Å². The molecule has 0 bridgehead atoms. The van der Waals surface area contributed by atoms with Gasteiger partial charge in [0.05, 0.1) is 0 Å². The first-order chi connectivity index (χ1) is 7.13. The lowest BCUT2D eigenvalue weighted by molar-refractivity contribution is 0.583. The van der Waals surface area contributed by atoms with Crippen molar-refractivity contribution < 1.29 is 0 Å². The molecule has 1 aromatic rings. The van der Waals surface area contributed by atoms with Crippen molar-refractivity contribution >= 4 is 29.9 Å². The fourth-order valence-corrected chi connectivity index (χ4v) is 1.44. The maximum atomic E-state index is 4.16. The second-order valence-electron chi connectivity index (χ2n) is 3.78. The SMILES string of the molecule is CN=C(NCc1cccc(C)c1)N(C)C.I. The van der Waals surface area contributed by atoms with Gasteiger partial charge in [0, 0.05) is 27.7 Å². The summed E-state index contributed by atoms with van der Waals surface area (Å²) in [6, 6.07) is 8.47. The number of hydrogen-bond acceptors (Lipinski definition) is 1. The zero-order valence-electron chi connectivity index (χ0n) is 10.3. The molecule has 0 aliphatic heterocycles. The topological polar surface area (TPSA) is 27.6 Å². The Labute approximate surface area is 115 Å². The van der Waals surface area contributed by atoms with Crippen LogP contribution in [0.15, 0.2) is 29.3 Å². The Bertz CT molecular complexity index is 348. The Kier molecular flexibility index (Phi) is 7.12. The predicted molar refractivity (Wildman–Crippen MR) is 80.5 cm³/mol. The van der Waals surface area contributed by atoms with Crippen LogP contribution >= 0.6 is 24.0 Å². The number of guanidine groups is 1. The number of benzene rings is 1. The number of aryl methyl sites for hydroxylation is 1. The molecular formula is C12H20IN3. The van der Waals surface area contributed by atoms with Crippen molar-refractivity contribution in [3.8, 4) is 0 Å². The molecule has 0 aliphatic rings. The summed E-state index contributed by atoms with van der Waals surface area (Å²) in [6.07, 6.45) is 0. The van der Waals surface area contributed by atoms with Crippen molar-refractivity contribution in [2.24, 2.45) is 4.99 Å². The van der Waals surface area contributed by atoms with Crippen molar-refractivity contribution in [1.82, 2.24) is 10.2 Å². The smallest absolute Gasteiger partial charge is 0.193 e. The van der Waals surface area contributed by atoms with Crippen LogP contribution in [0.1, 0.15) is 11.1 Å². The van der Waals surface area contributed by atoms with Crippen LogP contribution in [-0.4, -0.2) is 32.0 Å². The Morgan fingerprint density at radius 1 is 1.38 bits per heavy atom. The summed E-state index contributed by atoms with van der Waals surface area (Å²) in [5.41, 5.74) is 2.56. The average molecular weight is 333 g/mol. The van der Waals surface area contributed by atoms with Crippen LogP contribution < -0.4 is 5.32 Å². The van der Waals surface area contributed by atoms with Crippen LogP contribution in [0.2, 0.25) is 0 Å². The van der Waals surface area contributed by atoms with Gasteiger partial charge >= 0.3 is 0 Å². The van der Waals surface area contributed by atoms with E-state index in [1.54, 1.807) is 7.05 Å². The Balaban J connectivity index is 0.00000225. The fourth-order valence-electron chi connectivity index (χ4n) is 1.44. The lowest BCUT2D eigenvalue weighted by atomic mass is 10.1. The zero-order valence-corrected chi connectivity index (χ0v) is 12.6. The number of halogens is 1. The van der Waals surface area contributed by atoms with Gasteiger partial charge in [-0.25, -0.2) is 0 Å². The molecule has 0 aromatic heterocycles. The molecule has 0 radical (unpaired) electrons. The lowest BCUT2D eigenvalue weighted by Crippen LogP contribution is -2.35. The minimum atomic E-state index is 0. The van der Waals surface area contributed by atoms with Gasteiger partial charge in [-0.3, -0.25) is 4.99 Å². The second kappa shape index (κ2) is 7.49. The highest BCUT2D eigenvalue weighted by molar-refractivity contribution is 14.0. The molecule has 0 atom stereocenters.